The van der Waals surface area contributed by atoms with Gasteiger partial charge in [0, 0.05) is 13.6 Å². The van der Waals surface area contributed by atoms with Gasteiger partial charge >= 0.3 is 0 Å². The normalized spacial score (nSPS) is 11.9. The highest BCUT2D eigenvalue weighted by Gasteiger charge is 2.33. The van der Waals surface area contributed by atoms with Crippen LogP contribution in [0.1, 0.15) is 31.4 Å². The Morgan fingerprint density at radius 1 is 0.921 bits per heavy atom. The average molecular weight is 538 g/mol. The third kappa shape index (κ3) is 6.92. The van der Waals surface area contributed by atoms with E-state index in [9.17, 15) is 18.0 Å². The standard InChI is InChI=1S/C29H35N3O5S/c1-5-27(29(34)30-4)31(20-23-10-8-7-9-11-23)28(33)21-32(24-14-12-22(3)13-15-24)38(35,36)26-18-16-25(17-19-26)37-6-2/h7-19,27H,5-6,20-21H2,1-4H3,(H,30,34)/t27-/m1/s1. The quantitative estimate of drug-likeness (QED) is 0.375. The molecule has 3 rings (SSSR count). The Morgan fingerprint density at radius 3 is 2.11 bits per heavy atom. The number of rotatable bonds is 12. The van der Waals surface area contributed by atoms with Crippen molar-refractivity contribution in [1.82, 2.24) is 10.2 Å². The summed E-state index contributed by atoms with van der Waals surface area (Å²) < 4.78 is 34.3. The largest absolute Gasteiger partial charge is 0.494 e. The Balaban J connectivity index is 2.03. The molecule has 3 aromatic carbocycles. The summed E-state index contributed by atoms with van der Waals surface area (Å²) in [6.07, 6.45) is 0.369. The van der Waals surface area contributed by atoms with E-state index in [2.05, 4.69) is 5.32 Å². The fourth-order valence-corrected chi connectivity index (χ4v) is 5.52. The molecule has 3 aromatic rings. The number of carbonyl (C=O) groups is 2. The number of likely N-dealkylation sites (N-methyl/N-ethyl adjacent to an activating group) is 1. The van der Waals surface area contributed by atoms with Crippen LogP contribution in [0.5, 0.6) is 5.75 Å². The van der Waals surface area contributed by atoms with E-state index in [4.69, 9.17) is 4.74 Å². The van der Waals surface area contributed by atoms with E-state index in [-0.39, 0.29) is 17.3 Å². The van der Waals surface area contributed by atoms with Gasteiger partial charge in [-0.15, -0.1) is 0 Å². The Kier molecular flexibility index (Phi) is 9.90. The molecule has 0 aliphatic heterocycles. The van der Waals surface area contributed by atoms with Crippen molar-refractivity contribution in [3.8, 4) is 5.75 Å². The predicted octanol–water partition coefficient (Wildman–Crippen LogP) is 4.14. The Hall–Kier alpha value is -3.85. The minimum atomic E-state index is -4.13. The first kappa shape index (κ1) is 28.7. The molecular formula is C29H35N3O5S. The molecule has 0 heterocycles. The number of sulfonamides is 1. The first-order valence-corrected chi connectivity index (χ1v) is 14.0. The molecule has 0 bridgehead atoms. The molecule has 1 N–H and O–H groups in total. The molecule has 1 atom stereocenters. The van der Waals surface area contributed by atoms with Crippen LogP contribution in [0.25, 0.3) is 0 Å². The lowest BCUT2D eigenvalue weighted by Gasteiger charge is -2.33. The Labute approximate surface area is 225 Å². The van der Waals surface area contributed by atoms with Crippen LogP contribution >= 0.6 is 0 Å². The summed E-state index contributed by atoms with van der Waals surface area (Å²) >= 11 is 0. The number of aryl methyl sites for hydroxylation is 1. The fourth-order valence-electron chi connectivity index (χ4n) is 4.11. The van der Waals surface area contributed by atoms with Gasteiger partial charge in [0.25, 0.3) is 10.0 Å². The fraction of sp³-hybridized carbons (Fsp3) is 0.310. The van der Waals surface area contributed by atoms with Gasteiger partial charge in [0.2, 0.25) is 11.8 Å². The van der Waals surface area contributed by atoms with E-state index in [1.165, 1.54) is 24.1 Å². The number of carbonyl (C=O) groups excluding carboxylic acids is 2. The number of hydrogen-bond donors (Lipinski definition) is 1. The second kappa shape index (κ2) is 13.1. The van der Waals surface area contributed by atoms with Crippen LogP contribution in [0.15, 0.2) is 83.8 Å². The topological polar surface area (TPSA) is 96.0 Å². The third-order valence-electron chi connectivity index (χ3n) is 6.15. The van der Waals surface area contributed by atoms with Crippen molar-refractivity contribution >= 4 is 27.5 Å². The molecule has 0 saturated heterocycles. The lowest BCUT2D eigenvalue weighted by Crippen LogP contribution is -2.51. The van der Waals surface area contributed by atoms with Crippen molar-refractivity contribution in [2.45, 2.75) is 44.7 Å². The van der Waals surface area contributed by atoms with Crippen LogP contribution in [0.2, 0.25) is 0 Å². The van der Waals surface area contributed by atoms with Gasteiger partial charge in [-0.1, -0.05) is 55.0 Å². The molecule has 8 nitrogen and oxygen atoms in total. The second-order valence-corrected chi connectivity index (χ2v) is 10.7. The van der Waals surface area contributed by atoms with Crippen LogP contribution in [0.3, 0.4) is 0 Å². The van der Waals surface area contributed by atoms with Crippen LogP contribution in [0, 0.1) is 6.92 Å². The lowest BCUT2D eigenvalue weighted by molar-refractivity contribution is -0.140. The van der Waals surface area contributed by atoms with Gasteiger partial charge in [-0.25, -0.2) is 8.42 Å². The highest BCUT2D eigenvalue weighted by Crippen LogP contribution is 2.26. The van der Waals surface area contributed by atoms with Gasteiger partial charge in [0.1, 0.15) is 18.3 Å². The van der Waals surface area contributed by atoms with Crippen molar-refractivity contribution < 1.29 is 22.7 Å². The van der Waals surface area contributed by atoms with Gasteiger partial charge in [0.15, 0.2) is 0 Å². The molecule has 0 aliphatic carbocycles. The van der Waals surface area contributed by atoms with Crippen molar-refractivity contribution in [2.24, 2.45) is 0 Å². The zero-order chi connectivity index (χ0) is 27.7. The number of anilines is 1. The number of nitrogens with zero attached hydrogens (tertiary/aromatic N) is 2. The van der Waals surface area contributed by atoms with E-state index < -0.39 is 28.5 Å². The van der Waals surface area contributed by atoms with E-state index in [0.29, 0.717) is 24.5 Å². The van der Waals surface area contributed by atoms with Gasteiger partial charge in [-0.05, 0) is 62.2 Å². The smallest absolute Gasteiger partial charge is 0.264 e. The van der Waals surface area contributed by atoms with Gasteiger partial charge in [-0.2, -0.15) is 0 Å². The van der Waals surface area contributed by atoms with Crippen LogP contribution in [-0.4, -0.2) is 51.4 Å². The summed E-state index contributed by atoms with van der Waals surface area (Å²) in [5, 5.41) is 2.62. The maximum Gasteiger partial charge on any atom is 0.264 e. The number of benzene rings is 3. The van der Waals surface area contributed by atoms with Gasteiger partial charge in [0.05, 0.1) is 17.2 Å². The SMILES string of the molecule is CCOc1ccc(S(=O)(=O)N(CC(=O)N(Cc2ccccc2)[C@H](CC)C(=O)NC)c2ccc(C)cc2)cc1. The Bertz CT molecular complexity index is 1310. The summed E-state index contributed by atoms with van der Waals surface area (Å²) in [5.41, 5.74) is 2.14. The molecule has 0 unspecified atom stereocenters. The number of nitrogens with one attached hydrogen (secondary N) is 1. The molecule has 0 aliphatic rings. The first-order chi connectivity index (χ1) is 18.2. The zero-order valence-electron chi connectivity index (χ0n) is 22.3. The van der Waals surface area contributed by atoms with Crippen molar-refractivity contribution in [3.63, 3.8) is 0 Å². The molecular weight excluding hydrogens is 502 g/mol. The lowest BCUT2D eigenvalue weighted by atomic mass is 10.1. The summed E-state index contributed by atoms with van der Waals surface area (Å²) in [6.45, 7) is 5.71. The molecule has 9 heteroatoms. The van der Waals surface area contributed by atoms with Crippen molar-refractivity contribution in [2.75, 3.05) is 24.5 Å². The average Bonchev–Trinajstić information content (AvgIpc) is 2.93. The summed E-state index contributed by atoms with van der Waals surface area (Å²) in [7, 11) is -2.61. The minimum absolute atomic E-state index is 0.0299. The monoisotopic (exact) mass is 537 g/mol. The highest BCUT2D eigenvalue weighted by atomic mass is 32.2. The van der Waals surface area contributed by atoms with Crippen molar-refractivity contribution in [1.29, 1.82) is 0 Å². The summed E-state index contributed by atoms with van der Waals surface area (Å²) in [4.78, 5) is 28.1. The molecule has 202 valence electrons. The highest BCUT2D eigenvalue weighted by molar-refractivity contribution is 7.92. The van der Waals surface area contributed by atoms with Gasteiger partial charge in [-0.3, -0.25) is 13.9 Å². The van der Waals surface area contributed by atoms with Crippen LogP contribution < -0.4 is 14.4 Å². The maximum atomic E-state index is 13.9. The molecule has 0 saturated carbocycles. The molecule has 2 amide bonds. The summed E-state index contributed by atoms with van der Waals surface area (Å²) in [5.74, 6) is -0.248. The van der Waals surface area contributed by atoms with E-state index in [1.807, 2.05) is 51.1 Å². The van der Waals surface area contributed by atoms with Crippen LogP contribution in [-0.2, 0) is 26.2 Å². The number of ether oxygens (including phenoxy) is 1. The minimum Gasteiger partial charge on any atom is -0.494 e. The second-order valence-electron chi connectivity index (χ2n) is 8.80. The van der Waals surface area contributed by atoms with E-state index in [0.717, 1.165) is 15.4 Å². The predicted molar refractivity (Wildman–Crippen MR) is 148 cm³/mol. The van der Waals surface area contributed by atoms with E-state index >= 15 is 0 Å². The molecule has 0 radical (unpaired) electrons. The summed E-state index contributed by atoms with van der Waals surface area (Å²) in [6, 6.07) is 21.6. The number of amides is 2. The molecule has 0 fully saturated rings. The number of hydrogen-bond acceptors (Lipinski definition) is 5. The molecule has 0 aromatic heterocycles. The maximum absolute atomic E-state index is 13.9. The molecule has 0 spiro atoms. The first-order valence-electron chi connectivity index (χ1n) is 12.6. The van der Waals surface area contributed by atoms with E-state index in [1.54, 1.807) is 36.4 Å². The third-order valence-corrected chi connectivity index (χ3v) is 7.94. The molecule has 38 heavy (non-hydrogen) atoms. The zero-order valence-corrected chi connectivity index (χ0v) is 23.1. The van der Waals surface area contributed by atoms with Crippen LogP contribution in [0.4, 0.5) is 5.69 Å². The van der Waals surface area contributed by atoms with Gasteiger partial charge < -0.3 is 15.0 Å². The Morgan fingerprint density at radius 2 is 1.55 bits per heavy atom. The van der Waals surface area contributed by atoms with Crippen molar-refractivity contribution in [3.05, 3.63) is 90.0 Å².